The quantitative estimate of drug-likeness (QED) is 0.688. The van der Waals surface area contributed by atoms with Gasteiger partial charge in [-0.25, -0.2) is 0 Å². The zero-order chi connectivity index (χ0) is 10.1. The van der Waals surface area contributed by atoms with Crippen molar-refractivity contribution in [2.75, 3.05) is 11.9 Å². The van der Waals surface area contributed by atoms with Gasteiger partial charge >= 0.3 is 6.30 Å². The van der Waals surface area contributed by atoms with Gasteiger partial charge in [-0.2, -0.15) is 13.2 Å². The molecule has 1 rings (SSSR count). The van der Waals surface area contributed by atoms with Crippen LogP contribution in [-0.4, -0.2) is 18.5 Å². The lowest BCUT2D eigenvalue weighted by Gasteiger charge is -2.21. The molecule has 0 spiro atoms. The first-order valence-corrected chi connectivity index (χ1v) is 3.51. The Morgan fingerprint density at radius 2 is 1.92 bits per heavy atom. The van der Waals surface area contributed by atoms with Crippen LogP contribution in [0.1, 0.15) is 0 Å². The maximum absolute atomic E-state index is 12.1. The third-order valence-corrected chi connectivity index (χ3v) is 1.60. The topological polar surface area (TPSA) is 23.5 Å². The number of anilines is 1. The summed E-state index contributed by atoms with van der Waals surface area (Å²) >= 11 is 0. The van der Waals surface area contributed by atoms with E-state index in [9.17, 15) is 13.2 Å². The highest BCUT2D eigenvalue weighted by atomic mass is 19.4. The van der Waals surface area contributed by atoms with Crippen LogP contribution in [0.25, 0.3) is 0 Å². The molecule has 0 atom stereocenters. The standard InChI is InChI=1S/C8H8F3NO/c1-12(8(9,10)11)6-3-2-4-7(13)5-6/h2-5,13H,1H3. The molecule has 0 unspecified atom stereocenters. The van der Waals surface area contributed by atoms with Crippen LogP contribution in [0.3, 0.4) is 0 Å². The lowest BCUT2D eigenvalue weighted by Crippen LogP contribution is -2.33. The second-order valence-corrected chi connectivity index (χ2v) is 2.55. The van der Waals surface area contributed by atoms with E-state index in [1.165, 1.54) is 18.2 Å². The average Bonchev–Trinajstić information content (AvgIpc) is 2.01. The highest BCUT2D eigenvalue weighted by Gasteiger charge is 2.34. The average molecular weight is 191 g/mol. The molecule has 5 heteroatoms. The Bertz CT molecular complexity index is 298. The zero-order valence-corrected chi connectivity index (χ0v) is 6.84. The predicted molar refractivity (Wildman–Crippen MR) is 42.6 cm³/mol. The summed E-state index contributed by atoms with van der Waals surface area (Å²) < 4.78 is 36.3. The minimum absolute atomic E-state index is 0.0903. The fourth-order valence-electron chi connectivity index (χ4n) is 0.848. The number of nitrogens with zero attached hydrogens (tertiary/aromatic N) is 1. The molecular weight excluding hydrogens is 183 g/mol. The van der Waals surface area contributed by atoms with Gasteiger partial charge in [-0.1, -0.05) is 6.07 Å². The maximum atomic E-state index is 12.1. The predicted octanol–water partition coefficient (Wildman–Crippen LogP) is 2.35. The Labute approximate surface area is 73.2 Å². The van der Waals surface area contributed by atoms with E-state index < -0.39 is 6.30 Å². The first-order chi connectivity index (χ1) is 5.91. The molecule has 0 radical (unpaired) electrons. The van der Waals surface area contributed by atoms with Crippen molar-refractivity contribution in [3.05, 3.63) is 24.3 Å². The molecule has 0 bridgehead atoms. The number of hydrogen-bond acceptors (Lipinski definition) is 2. The summed E-state index contributed by atoms with van der Waals surface area (Å²) in [4.78, 5) is 0.132. The van der Waals surface area contributed by atoms with Crippen LogP contribution in [0.5, 0.6) is 5.75 Å². The number of hydrogen-bond donors (Lipinski definition) is 1. The van der Waals surface area contributed by atoms with Gasteiger partial charge in [0, 0.05) is 18.8 Å². The molecule has 0 aliphatic heterocycles. The molecule has 0 aromatic heterocycles. The summed E-state index contributed by atoms with van der Waals surface area (Å²) in [5, 5.41) is 8.93. The zero-order valence-electron chi connectivity index (χ0n) is 6.84. The fourth-order valence-corrected chi connectivity index (χ4v) is 0.848. The van der Waals surface area contributed by atoms with Crippen LogP contribution >= 0.6 is 0 Å². The van der Waals surface area contributed by atoms with Crippen LogP contribution in [0.4, 0.5) is 18.9 Å². The van der Waals surface area contributed by atoms with E-state index in [1.54, 1.807) is 0 Å². The molecule has 2 nitrogen and oxygen atoms in total. The molecule has 0 aliphatic rings. The van der Waals surface area contributed by atoms with Crippen LogP contribution < -0.4 is 4.90 Å². The molecule has 0 saturated carbocycles. The Hall–Kier alpha value is -1.39. The van der Waals surface area contributed by atoms with E-state index in [4.69, 9.17) is 5.11 Å². The minimum atomic E-state index is -4.42. The van der Waals surface area contributed by atoms with Crippen LogP contribution in [-0.2, 0) is 0 Å². The van der Waals surface area contributed by atoms with Crippen molar-refractivity contribution in [1.29, 1.82) is 0 Å². The fraction of sp³-hybridized carbons (Fsp3) is 0.250. The molecule has 1 N–H and O–H groups in total. The minimum Gasteiger partial charge on any atom is -0.508 e. The van der Waals surface area contributed by atoms with Gasteiger partial charge < -0.3 is 5.11 Å². The largest absolute Gasteiger partial charge is 0.508 e. The SMILES string of the molecule is CN(c1cccc(O)c1)C(F)(F)F. The van der Waals surface area contributed by atoms with E-state index in [0.717, 1.165) is 13.1 Å². The van der Waals surface area contributed by atoms with Crippen LogP contribution in [0, 0.1) is 0 Å². The normalized spacial score (nSPS) is 11.4. The van der Waals surface area contributed by atoms with Crippen molar-refractivity contribution in [2.45, 2.75) is 6.30 Å². The van der Waals surface area contributed by atoms with Crippen molar-refractivity contribution in [3.63, 3.8) is 0 Å². The summed E-state index contributed by atoms with van der Waals surface area (Å²) in [6, 6.07) is 4.99. The van der Waals surface area contributed by atoms with Gasteiger partial charge in [0.1, 0.15) is 5.75 Å². The lowest BCUT2D eigenvalue weighted by molar-refractivity contribution is -0.125. The van der Waals surface area contributed by atoms with Gasteiger partial charge in [0.15, 0.2) is 0 Å². The number of phenolic OH excluding ortho intramolecular Hbond substituents is 1. The van der Waals surface area contributed by atoms with Gasteiger partial charge in [-0.15, -0.1) is 0 Å². The number of alkyl halides is 3. The second-order valence-electron chi connectivity index (χ2n) is 2.55. The van der Waals surface area contributed by atoms with Crippen molar-refractivity contribution >= 4 is 5.69 Å². The van der Waals surface area contributed by atoms with Gasteiger partial charge in [-0.3, -0.25) is 4.90 Å². The summed E-state index contributed by atoms with van der Waals surface area (Å²) in [5.41, 5.74) is -0.0903. The van der Waals surface area contributed by atoms with Crippen molar-refractivity contribution in [2.24, 2.45) is 0 Å². The van der Waals surface area contributed by atoms with Gasteiger partial charge in [0.2, 0.25) is 0 Å². The second kappa shape index (κ2) is 3.16. The molecule has 0 fully saturated rings. The molecule has 72 valence electrons. The van der Waals surface area contributed by atoms with Gasteiger partial charge in [0.05, 0.1) is 0 Å². The summed E-state index contributed by atoms with van der Waals surface area (Å²) in [7, 11) is 0.898. The molecule has 13 heavy (non-hydrogen) atoms. The van der Waals surface area contributed by atoms with Crippen molar-refractivity contribution < 1.29 is 18.3 Å². The summed E-state index contributed by atoms with van der Waals surface area (Å²) in [6.07, 6.45) is -4.42. The van der Waals surface area contributed by atoms with Crippen molar-refractivity contribution in [3.8, 4) is 5.75 Å². The number of benzene rings is 1. The molecule has 1 aromatic carbocycles. The Balaban J connectivity index is 2.96. The molecular formula is C8H8F3NO. The van der Waals surface area contributed by atoms with Crippen LogP contribution in [0.2, 0.25) is 0 Å². The maximum Gasteiger partial charge on any atom is 0.484 e. The van der Waals surface area contributed by atoms with Crippen LogP contribution in [0.15, 0.2) is 24.3 Å². The summed E-state index contributed by atoms with van der Waals surface area (Å²) in [6.45, 7) is 0. The Morgan fingerprint density at radius 1 is 1.31 bits per heavy atom. The van der Waals surface area contributed by atoms with E-state index in [2.05, 4.69) is 0 Å². The van der Waals surface area contributed by atoms with Gasteiger partial charge in [0.25, 0.3) is 0 Å². The number of phenols is 1. The van der Waals surface area contributed by atoms with E-state index in [-0.39, 0.29) is 16.3 Å². The first kappa shape index (κ1) is 9.70. The highest BCUT2D eigenvalue weighted by molar-refractivity contribution is 5.50. The van der Waals surface area contributed by atoms with E-state index >= 15 is 0 Å². The lowest BCUT2D eigenvalue weighted by atomic mass is 10.3. The molecule has 0 heterocycles. The first-order valence-electron chi connectivity index (χ1n) is 3.51. The molecule has 1 aromatic rings. The Kier molecular flexibility index (Phi) is 2.36. The molecule has 0 saturated heterocycles. The summed E-state index contributed by atoms with van der Waals surface area (Å²) in [5.74, 6) is -0.186. The Morgan fingerprint density at radius 3 is 2.38 bits per heavy atom. The van der Waals surface area contributed by atoms with E-state index in [1.807, 2.05) is 0 Å². The van der Waals surface area contributed by atoms with E-state index in [0.29, 0.717) is 0 Å². The third kappa shape index (κ3) is 2.27. The monoisotopic (exact) mass is 191 g/mol. The molecule has 0 aliphatic carbocycles. The van der Waals surface area contributed by atoms with Gasteiger partial charge in [-0.05, 0) is 12.1 Å². The van der Waals surface area contributed by atoms with Crippen molar-refractivity contribution in [1.82, 2.24) is 0 Å². The number of rotatable bonds is 1. The third-order valence-electron chi connectivity index (χ3n) is 1.60. The molecule has 0 amide bonds. The number of aromatic hydroxyl groups is 1. The highest BCUT2D eigenvalue weighted by Crippen LogP contribution is 2.28. The smallest absolute Gasteiger partial charge is 0.484 e. The number of halogens is 3.